The summed E-state index contributed by atoms with van der Waals surface area (Å²) >= 11 is 0. The van der Waals surface area contributed by atoms with Crippen molar-refractivity contribution >= 4 is 11.2 Å². The van der Waals surface area contributed by atoms with Gasteiger partial charge in [-0.1, -0.05) is 0 Å². The molecule has 0 radical (unpaired) electrons. The van der Waals surface area contributed by atoms with Gasteiger partial charge in [-0.2, -0.15) is 15.4 Å². The number of nitrogens with one attached hydrogen (secondary N) is 2. The molecule has 0 aromatic carbocycles. The minimum Gasteiger partial charge on any atom is -0.317 e. The molecule has 0 unspecified atom stereocenters. The number of fused-ring (bicyclic) bond motifs is 1. The van der Waals surface area contributed by atoms with Crippen LogP contribution in [0.4, 0.5) is 0 Å². The molecule has 1 aliphatic heterocycles. The molecule has 1 fully saturated rings. The van der Waals surface area contributed by atoms with Gasteiger partial charge in [0.2, 0.25) is 5.65 Å². The van der Waals surface area contributed by atoms with Crippen LogP contribution < -0.4 is 5.32 Å². The average Bonchev–Trinajstić information content (AvgIpc) is 3.16. The molecule has 4 rings (SSSR count). The summed E-state index contributed by atoms with van der Waals surface area (Å²) in [6.45, 7) is 2.12. The van der Waals surface area contributed by atoms with E-state index in [1.165, 1.54) is 0 Å². The van der Waals surface area contributed by atoms with Gasteiger partial charge in [-0.3, -0.25) is 4.68 Å². The Morgan fingerprint density at radius 3 is 2.95 bits per heavy atom. The SMILES string of the molecule is c1nn(C2CCNCC2)cc1-c1ccc2n[nH]nc2n1. The largest absolute Gasteiger partial charge is 0.317 e. The molecule has 4 heterocycles. The first-order valence-electron chi connectivity index (χ1n) is 6.83. The van der Waals surface area contributed by atoms with E-state index in [9.17, 15) is 0 Å². The first-order chi connectivity index (χ1) is 9.90. The summed E-state index contributed by atoms with van der Waals surface area (Å²) in [5.74, 6) is 0. The third kappa shape index (κ3) is 1.96. The maximum atomic E-state index is 4.49. The van der Waals surface area contributed by atoms with Crippen LogP contribution in [0.15, 0.2) is 24.5 Å². The fourth-order valence-corrected chi connectivity index (χ4v) is 2.64. The van der Waals surface area contributed by atoms with Gasteiger partial charge in [-0.25, -0.2) is 4.98 Å². The summed E-state index contributed by atoms with van der Waals surface area (Å²) in [7, 11) is 0. The second-order valence-corrected chi connectivity index (χ2v) is 5.05. The molecule has 0 aliphatic carbocycles. The van der Waals surface area contributed by atoms with Crippen LogP contribution in [0.3, 0.4) is 0 Å². The number of aromatic nitrogens is 6. The number of H-pyrrole nitrogens is 1. The average molecular weight is 269 g/mol. The first-order valence-corrected chi connectivity index (χ1v) is 6.83. The van der Waals surface area contributed by atoms with Crippen molar-refractivity contribution in [2.24, 2.45) is 0 Å². The van der Waals surface area contributed by atoms with E-state index in [0.29, 0.717) is 11.7 Å². The van der Waals surface area contributed by atoms with Gasteiger partial charge in [-0.05, 0) is 38.1 Å². The molecule has 3 aromatic rings. The minimum atomic E-state index is 0.487. The number of aromatic amines is 1. The second-order valence-electron chi connectivity index (χ2n) is 5.05. The zero-order valence-electron chi connectivity index (χ0n) is 11.0. The van der Waals surface area contributed by atoms with Crippen molar-refractivity contribution in [1.82, 2.24) is 35.5 Å². The Hall–Kier alpha value is -2.28. The van der Waals surface area contributed by atoms with Crippen molar-refractivity contribution in [3.63, 3.8) is 0 Å². The molecule has 7 nitrogen and oxygen atoms in total. The predicted octanol–water partition coefficient (Wildman–Crippen LogP) is 1.14. The second kappa shape index (κ2) is 4.68. The van der Waals surface area contributed by atoms with Gasteiger partial charge < -0.3 is 5.32 Å². The molecule has 2 N–H and O–H groups in total. The van der Waals surface area contributed by atoms with E-state index in [1.54, 1.807) is 0 Å². The number of pyridine rings is 1. The van der Waals surface area contributed by atoms with E-state index < -0.39 is 0 Å². The van der Waals surface area contributed by atoms with Crippen LogP contribution in [-0.2, 0) is 0 Å². The Labute approximate surface area is 115 Å². The van der Waals surface area contributed by atoms with E-state index in [1.807, 2.05) is 18.3 Å². The number of rotatable bonds is 2. The van der Waals surface area contributed by atoms with Gasteiger partial charge in [0.1, 0.15) is 5.52 Å². The van der Waals surface area contributed by atoms with E-state index in [0.717, 1.165) is 42.7 Å². The Morgan fingerprint density at radius 1 is 1.15 bits per heavy atom. The highest BCUT2D eigenvalue weighted by Gasteiger charge is 2.16. The van der Waals surface area contributed by atoms with Gasteiger partial charge in [0, 0.05) is 11.8 Å². The summed E-state index contributed by atoms with van der Waals surface area (Å²) in [5.41, 5.74) is 3.32. The summed E-state index contributed by atoms with van der Waals surface area (Å²) in [6.07, 6.45) is 6.19. The predicted molar refractivity (Wildman–Crippen MR) is 74.0 cm³/mol. The summed E-state index contributed by atoms with van der Waals surface area (Å²) < 4.78 is 2.06. The molecule has 0 spiro atoms. The van der Waals surface area contributed by atoms with Crippen molar-refractivity contribution in [2.45, 2.75) is 18.9 Å². The molecule has 1 saturated heterocycles. The van der Waals surface area contributed by atoms with Crippen molar-refractivity contribution in [3.05, 3.63) is 24.5 Å². The molecule has 0 amide bonds. The zero-order chi connectivity index (χ0) is 13.4. The molecule has 0 saturated carbocycles. The van der Waals surface area contributed by atoms with Crippen molar-refractivity contribution in [1.29, 1.82) is 0 Å². The normalized spacial score (nSPS) is 16.8. The number of hydrogen-bond acceptors (Lipinski definition) is 5. The Kier molecular flexibility index (Phi) is 2.70. The third-order valence-electron chi connectivity index (χ3n) is 3.76. The summed E-state index contributed by atoms with van der Waals surface area (Å²) in [5, 5.41) is 18.5. The third-order valence-corrected chi connectivity index (χ3v) is 3.76. The smallest absolute Gasteiger partial charge is 0.202 e. The molecular weight excluding hydrogens is 254 g/mol. The molecule has 20 heavy (non-hydrogen) atoms. The quantitative estimate of drug-likeness (QED) is 0.729. The van der Waals surface area contributed by atoms with Crippen molar-refractivity contribution in [3.8, 4) is 11.3 Å². The Bertz CT molecular complexity index is 723. The van der Waals surface area contributed by atoms with Gasteiger partial charge in [-0.15, -0.1) is 5.10 Å². The fourth-order valence-electron chi connectivity index (χ4n) is 2.64. The lowest BCUT2D eigenvalue weighted by atomic mass is 10.1. The summed E-state index contributed by atoms with van der Waals surface area (Å²) in [4.78, 5) is 4.49. The number of nitrogens with zero attached hydrogens (tertiary/aromatic N) is 5. The van der Waals surface area contributed by atoms with Gasteiger partial charge in [0.05, 0.1) is 17.9 Å². The van der Waals surface area contributed by atoms with E-state index >= 15 is 0 Å². The molecule has 0 bridgehead atoms. The maximum Gasteiger partial charge on any atom is 0.202 e. The molecule has 102 valence electrons. The first kappa shape index (κ1) is 11.5. The molecule has 3 aromatic heterocycles. The van der Waals surface area contributed by atoms with E-state index in [2.05, 4.69) is 41.7 Å². The number of piperidine rings is 1. The lowest BCUT2D eigenvalue weighted by molar-refractivity contribution is 0.343. The van der Waals surface area contributed by atoms with Crippen LogP contribution in [-0.4, -0.2) is 43.3 Å². The summed E-state index contributed by atoms with van der Waals surface area (Å²) in [6, 6.07) is 4.36. The van der Waals surface area contributed by atoms with Crippen LogP contribution in [0.1, 0.15) is 18.9 Å². The van der Waals surface area contributed by atoms with E-state index in [-0.39, 0.29) is 0 Å². The van der Waals surface area contributed by atoms with Crippen LogP contribution in [0.2, 0.25) is 0 Å². The minimum absolute atomic E-state index is 0.487. The highest BCUT2D eigenvalue weighted by atomic mass is 15.3. The standard InChI is InChI=1S/C13H15N7/c1-2-12-13(18-19-17-12)16-11(1)9-7-15-20(8-9)10-3-5-14-6-4-10/h1-2,7-8,10,14H,3-6H2,(H,16,17,18,19). The van der Waals surface area contributed by atoms with Gasteiger partial charge >= 0.3 is 0 Å². The zero-order valence-corrected chi connectivity index (χ0v) is 11.0. The van der Waals surface area contributed by atoms with Crippen molar-refractivity contribution < 1.29 is 0 Å². The van der Waals surface area contributed by atoms with Crippen LogP contribution >= 0.6 is 0 Å². The maximum absolute atomic E-state index is 4.49. The highest BCUT2D eigenvalue weighted by Crippen LogP contribution is 2.23. The Morgan fingerprint density at radius 2 is 2.05 bits per heavy atom. The van der Waals surface area contributed by atoms with Gasteiger partial charge in [0.25, 0.3) is 0 Å². The fraction of sp³-hybridized carbons (Fsp3) is 0.385. The van der Waals surface area contributed by atoms with Crippen LogP contribution in [0, 0.1) is 0 Å². The van der Waals surface area contributed by atoms with Crippen molar-refractivity contribution in [2.75, 3.05) is 13.1 Å². The molecular formula is C13H15N7. The van der Waals surface area contributed by atoms with Crippen LogP contribution in [0.5, 0.6) is 0 Å². The topological polar surface area (TPSA) is 84.3 Å². The number of hydrogen-bond donors (Lipinski definition) is 2. The lowest BCUT2D eigenvalue weighted by Crippen LogP contribution is -2.29. The van der Waals surface area contributed by atoms with E-state index in [4.69, 9.17) is 0 Å². The monoisotopic (exact) mass is 269 g/mol. The van der Waals surface area contributed by atoms with Crippen LogP contribution in [0.25, 0.3) is 22.4 Å². The molecule has 7 heteroatoms. The lowest BCUT2D eigenvalue weighted by Gasteiger charge is -2.22. The van der Waals surface area contributed by atoms with Gasteiger partial charge in [0.15, 0.2) is 0 Å². The molecule has 0 atom stereocenters. The Balaban J connectivity index is 1.66. The highest BCUT2D eigenvalue weighted by molar-refractivity contribution is 5.73. The molecule has 1 aliphatic rings.